The Morgan fingerprint density at radius 3 is 2.20 bits per heavy atom. The molecule has 13 unspecified atom stereocenters. The first kappa shape index (κ1) is 36.5. The van der Waals surface area contributed by atoms with E-state index in [1.54, 1.807) is 20.8 Å². The van der Waals surface area contributed by atoms with Crippen molar-refractivity contribution in [2.45, 2.75) is 124 Å². The van der Waals surface area contributed by atoms with Gasteiger partial charge in [0.1, 0.15) is 0 Å². The van der Waals surface area contributed by atoms with E-state index in [-0.39, 0.29) is 23.9 Å². The van der Waals surface area contributed by atoms with E-state index in [0.717, 1.165) is 18.4 Å². The Morgan fingerprint density at radius 2 is 1.62 bits per heavy atom. The molecule has 0 radical (unpaired) electrons. The highest BCUT2D eigenvalue weighted by Gasteiger charge is 2.41. The van der Waals surface area contributed by atoms with Gasteiger partial charge in [0.15, 0.2) is 0 Å². The lowest BCUT2D eigenvalue weighted by Gasteiger charge is -2.43. The largest absolute Gasteiger partial charge is 0.481 e. The number of allylic oxidation sites excluding steroid dienone is 3. The van der Waals surface area contributed by atoms with Crippen molar-refractivity contribution in [2.24, 2.45) is 41.4 Å². The van der Waals surface area contributed by atoms with Crippen molar-refractivity contribution < 1.29 is 35.1 Å². The Morgan fingerprint density at radius 1 is 1.00 bits per heavy atom. The summed E-state index contributed by atoms with van der Waals surface area (Å²) in [7, 11) is 0. The number of ether oxygens (including phenoxy) is 1. The molecule has 1 fully saturated rings. The fourth-order valence-corrected chi connectivity index (χ4v) is 5.99. The van der Waals surface area contributed by atoms with Crippen LogP contribution in [0.4, 0.5) is 0 Å². The molecule has 0 amide bonds. The van der Waals surface area contributed by atoms with Crippen molar-refractivity contribution in [1.29, 1.82) is 0 Å². The molecule has 1 heterocycles. The summed E-state index contributed by atoms with van der Waals surface area (Å²) in [6.45, 7) is 18.9. The Bertz CT molecular complexity index is 824. The van der Waals surface area contributed by atoms with Crippen LogP contribution in [0.25, 0.3) is 0 Å². The summed E-state index contributed by atoms with van der Waals surface area (Å²) in [6, 6.07) is 0. The van der Waals surface area contributed by atoms with Crippen molar-refractivity contribution in [3.8, 4) is 0 Å². The summed E-state index contributed by atoms with van der Waals surface area (Å²) in [5.41, 5.74) is 0.935. The average Bonchev–Trinajstić information content (AvgIpc) is 2.92. The highest BCUT2D eigenvalue weighted by atomic mass is 16.5. The zero-order valence-corrected chi connectivity index (χ0v) is 26.1. The van der Waals surface area contributed by atoms with Gasteiger partial charge in [-0.25, -0.2) is 0 Å². The van der Waals surface area contributed by atoms with Crippen LogP contribution in [-0.2, 0) is 9.53 Å². The third kappa shape index (κ3) is 10.7. The molecule has 7 nitrogen and oxygen atoms in total. The van der Waals surface area contributed by atoms with Crippen LogP contribution in [0.1, 0.15) is 87.5 Å². The second kappa shape index (κ2) is 17.4. The SMILES string of the molecule is C=CCC(C)C=C(C)C(O)C(C)C=CCCC(O)C(C)C(O)C(C)C(O)C(C)C1OC(C(C)C(=O)O)CCC1C. The molecule has 0 spiro atoms. The maximum Gasteiger partial charge on any atom is 0.308 e. The summed E-state index contributed by atoms with van der Waals surface area (Å²) >= 11 is 0. The second-order valence-corrected chi connectivity index (χ2v) is 12.7. The van der Waals surface area contributed by atoms with Crippen molar-refractivity contribution >= 4 is 5.97 Å². The highest BCUT2D eigenvalue weighted by Crippen LogP contribution is 2.36. The topological polar surface area (TPSA) is 127 Å². The van der Waals surface area contributed by atoms with Gasteiger partial charge in [-0.3, -0.25) is 4.79 Å². The smallest absolute Gasteiger partial charge is 0.308 e. The van der Waals surface area contributed by atoms with Crippen LogP contribution < -0.4 is 0 Å². The van der Waals surface area contributed by atoms with Crippen molar-refractivity contribution in [3.05, 3.63) is 36.5 Å². The van der Waals surface area contributed by atoms with E-state index in [0.29, 0.717) is 25.2 Å². The first-order chi connectivity index (χ1) is 18.6. The van der Waals surface area contributed by atoms with E-state index in [9.17, 15) is 30.3 Å². The third-order valence-corrected chi connectivity index (χ3v) is 9.15. The lowest BCUT2D eigenvalue weighted by atomic mass is 9.76. The monoisotopic (exact) mass is 566 g/mol. The third-order valence-electron chi connectivity index (χ3n) is 9.15. The normalized spacial score (nSPS) is 28.1. The molecule has 1 aliphatic heterocycles. The number of aliphatic hydroxyl groups is 4. The van der Waals surface area contributed by atoms with Crippen LogP contribution >= 0.6 is 0 Å². The molecule has 1 saturated heterocycles. The Balaban J connectivity index is 2.66. The van der Waals surface area contributed by atoms with Crippen molar-refractivity contribution in [1.82, 2.24) is 0 Å². The number of carbonyl (C=O) groups is 1. The minimum atomic E-state index is -0.921. The molecule has 5 N–H and O–H groups in total. The molecule has 0 aromatic carbocycles. The molecule has 1 rings (SSSR count). The second-order valence-electron chi connectivity index (χ2n) is 12.7. The molecule has 0 aromatic heterocycles. The Labute approximate surface area is 243 Å². The van der Waals surface area contributed by atoms with Gasteiger partial charge < -0.3 is 30.3 Å². The summed E-state index contributed by atoms with van der Waals surface area (Å²) < 4.78 is 6.18. The fourth-order valence-electron chi connectivity index (χ4n) is 5.99. The van der Waals surface area contributed by atoms with Gasteiger partial charge in [-0.15, -0.1) is 6.58 Å². The quantitative estimate of drug-likeness (QED) is 0.150. The van der Waals surface area contributed by atoms with E-state index in [2.05, 4.69) is 26.5 Å². The zero-order valence-electron chi connectivity index (χ0n) is 26.1. The van der Waals surface area contributed by atoms with Gasteiger partial charge in [0.2, 0.25) is 0 Å². The maximum absolute atomic E-state index is 11.5. The minimum Gasteiger partial charge on any atom is -0.481 e. The molecular weight excluding hydrogens is 508 g/mol. The lowest BCUT2D eigenvalue weighted by molar-refractivity contribution is -0.169. The van der Waals surface area contributed by atoms with E-state index in [1.165, 1.54) is 0 Å². The van der Waals surface area contributed by atoms with Crippen LogP contribution in [0.2, 0.25) is 0 Å². The van der Waals surface area contributed by atoms with Gasteiger partial charge in [0, 0.05) is 23.7 Å². The van der Waals surface area contributed by atoms with Gasteiger partial charge in [-0.05, 0) is 63.4 Å². The molecular formula is C33H58O7. The summed E-state index contributed by atoms with van der Waals surface area (Å²) in [5, 5.41) is 53.0. The number of hydrogen-bond acceptors (Lipinski definition) is 6. The molecule has 0 saturated carbocycles. The summed E-state index contributed by atoms with van der Waals surface area (Å²) in [4.78, 5) is 11.5. The van der Waals surface area contributed by atoms with Crippen LogP contribution in [0.3, 0.4) is 0 Å². The number of carboxylic acids is 1. The molecule has 0 bridgehead atoms. The number of aliphatic carboxylic acids is 1. The van der Waals surface area contributed by atoms with Crippen LogP contribution in [-0.4, -0.2) is 68.1 Å². The minimum absolute atomic E-state index is 0.0634. The van der Waals surface area contributed by atoms with Crippen molar-refractivity contribution in [2.75, 3.05) is 0 Å². The van der Waals surface area contributed by atoms with E-state index in [4.69, 9.17) is 4.74 Å². The van der Waals surface area contributed by atoms with Gasteiger partial charge in [-0.2, -0.15) is 0 Å². The van der Waals surface area contributed by atoms with Crippen molar-refractivity contribution in [3.63, 3.8) is 0 Å². The number of aliphatic hydroxyl groups excluding tert-OH is 4. The van der Waals surface area contributed by atoms with E-state index < -0.39 is 54.2 Å². The van der Waals surface area contributed by atoms with Crippen LogP contribution in [0, 0.1) is 41.4 Å². The van der Waals surface area contributed by atoms with E-state index >= 15 is 0 Å². The standard InChI is InChI=1S/C33H58O7/c1-10-13-19(2)18-22(5)29(35)20(3)14-11-12-15-27(34)23(6)30(36)25(8)31(37)26(9)32-21(4)16-17-28(40-32)24(7)33(38)39/h10-11,14,18-21,23-32,34-37H,1,12-13,15-17H2,2-9H3,(H,38,39). The molecule has 0 aliphatic carbocycles. The molecule has 232 valence electrons. The van der Waals surface area contributed by atoms with Crippen LogP contribution in [0.5, 0.6) is 0 Å². The number of hydrogen-bond donors (Lipinski definition) is 5. The number of rotatable bonds is 17. The molecule has 0 aromatic rings. The molecule has 7 heteroatoms. The predicted molar refractivity (Wildman–Crippen MR) is 161 cm³/mol. The van der Waals surface area contributed by atoms with Gasteiger partial charge in [-0.1, -0.05) is 65.8 Å². The van der Waals surface area contributed by atoms with E-state index in [1.807, 2.05) is 39.0 Å². The summed E-state index contributed by atoms with van der Waals surface area (Å²) in [6.07, 6.45) is 7.49. The summed E-state index contributed by atoms with van der Waals surface area (Å²) in [5.74, 6) is -2.34. The zero-order chi connectivity index (χ0) is 30.7. The molecule has 1 aliphatic rings. The molecule has 13 atom stereocenters. The van der Waals surface area contributed by atoms with Gasteiger partial charge >= 0.3 is 5.97 Å². The predicted octanol–water partition coefficient (Wildman–Crippen LogP) is 5.37. The maximum atomic E-state index is 11.5. The fraction of sp³-hybridized carbons (Fsp3) is 0.788. The first-order valence-corrected chi connectivity index (χ1v) is 15.2. The van der Waals surface area contributed by atoms with Crippen LogP contribution in [0.15, 0.2) is 36.5 Å². The Kier molecular flexibility index (Phi) is 15.9. The first-order valence-electron chi connectivity index (χ1n) is 15.2. The lowest BCUT2D eigenvalue weighted by Crippen LogP contribution is -2.49. The van der Waals surface area contributed by atoms with Gasteiger partial charge in [0.25, 0.3) is 0 Å². The average molecular weight is 567 g/mol. The molecule has 40 heavy (non-hydrogen) atoms. The van der Waals surface area contributed by atoms with Gasteiger partial charge in [0.05, 0.1) is 42.5 Å². The Hall–Kier alpha value is -1.51. The highest BCUT2D eigenvalue weighted by molar-refractivity contribution is 5.70. The number of carboxylic acid groups (broad SMARTS) is 1.